The summed E-state index contributed by atoms with van der Waals surface area (Å²) in [6.07, 6.45) is -14.0. The molecule has 4 unspecified atom stereocenters. The maximum atomic E-state index is 15.5. The number of fused-ring (bicyclic) bond motifs is 5. The normalized spacial score (nSPS) is 37.3. The Balaban J connectivity index is 1.55. The van der Waals surface area contributed by atoms with Crippen molar-refractivity contribution in [2.75, 3.05) is 13.7 Å². The van der Waals surface area contributed by atoms with E-state index in [0.29, 0.717) is 0 Å². The Bertz CT molecular complexity index is 1990. The number of amides is 1. The molecule has 4 fully saturated rings. The minimum atomic E-state index is -2.42. The zero-order valence-electron chi connectivity index (χ0n) is 36.3. The molecule has 3 aliphatic carbocycles. The van der Waals surface area contributed by atoms with Gasteiger partial charge in [-0.15, -0.1) is 0 Å². The quantitative estimate of drug-likeness (QED) is 0.175. The van der Waals surface area contributed by atoms with Crippen LogP contribution in [0.4, 0.5) is 9.59 Å². The van der Waals surface area contributed by atoms with Crippen LogP contribution >= 0.6 is 0 Å². The summed E-state index contributed by atoms with van der Waals surface area (Å²) >= 11 is 0. The number of carbonyl (C=O) groups excluding carboxylic acids is 6. The van der Waals surface area contributed by atoms with Gasteiger partial charge in [0.25, 0.3) is 0 Å². The highest BCUT2D eigenvalue weighted by molar-refractivity contribution is 5.95. The van der Waals surface area contributed by atoms with E-state index in [0.717, 1.165) is 14.0 Å². The van der Waals surface area contributed by atoms with Crippen LogP contribution in [0.5, 0.6) is 0 Å². The number of hydrogen-bond donors (Lipinski definition) is 4. The molecule has 0 spiro atoms. The van der Waals surface area contributed by atoms with E-state index in [1.165, 1.54) is 26.0 Å². The van der Waals surface area contributed by atoms with Crippen molar-refractivity contribution < 1.29 is 82.0 Å². The third-order valence-corrected chi connectivity index (χ3v) is 13.5. The fraction of sp³-hybridized carbons (Fsp3) is 0.674. The Morgan fingerprint density at radius 1 is 0.951 bits per heavy atom. The summed E-state index contributed by atoms with van der Waals surface area (Å²) in [6.45, 7) is 14.7. The van der Waals surface area contributed by atoms with Crippen LogP contribution in [0.3, 0.4) is 0 Å². The Morgan fingerprint density at radius 2 is 1.59 bits per heavy atom. The lowest BCUT2D eigenvalue weighted by molar-refractivity contribution is -0.344. The largest absolute Gasteiger partial charge is 0.508 e. The lowest BCUT2D eigenvalue weighted by Gasteiger charge is -2.67. The molecule has 18 nitrogen and oxygen atoms in total. The molecule has 6 rings (SSSR count). The van der Waals surface area contributed by atoms with Gasteiger partial charge in [-0.05, 0) is 57.9 Å². The third-order valence-electron chi connectivity index (χ3n) is 13.5. The first-order valence-corrected chi connectivity index (χ1v) is 20.2. The molecule has 61 heavy (non-hydrogen) atoms. The van der Waals surface area contributed by atoms with Crippen LogP contribution in [-0.2, 0) is 52.3 Å². The maximum Gasteiger partial charge on any atom is 0.508 e. The number of ketones is 1. The van der Waals surface area contributed by atoms with Crippen molar-refractivity contribution in [1.29, 1.82) is 0 Å². The number of esters is 3. The summed E-state index contributed by atoms with van der Waals surface area (Å²) in [5.74, 6) is -5.48. The second kappa shape index (κ2) is 15.6. The molecule has 2 bridgehead atoms. The number of Topliss-reactive ketones (excluding diaryl/α,β-unsaturated/α-hetero) is 1. The van der Waals surface area contributed by atoms with Crippen LogP contribution < -0.4 is 5.32 Å². The van der Waals surface area contributed by atoms with Gasteiger partial charge in [-0.3, -0.25) is 9.59 Å². The molecule has 2 saturated carbocycles. The molecule has 2 aliphatic heterocycles. The van der Waals surface area contributed by atoms with Crippen LogP contribution in [-0.4, -0.2) is 131 Å². The lowest BCUT2D eigenvalue weighted by atomic mass is 9.44. The monoisotopic (exact) mass is 859 g/mol. The Hall–Kier alpha value is -4.62. The summed E-state index contributed by atoms with van der Waals surface area (Å²) in [7, 11) is 1.07. The molecule has 1 aromatic rings. The predicted molar refractivity (Wildman–Crippen MR) is 208 cm³/mol. The van der Waals surface area contributed by atoms with E-state index >= 15 is 4.79 Å². The van der Waals surface area contributed by atoms with Crippen molar-refractivity contribution in [3.63, 3.8) is 0 Å². The predicted octanol–water partition coefficient (Wildman–Crippen LogP) is 3.06. The molecule has 1 amide bonds. The molecule has 2 heterocycles. The van der Waals surface area contributed by atoms with E-state index in [1.807, 2.05) is 0 Å². The van der Waals surface area contributed by atoms with Crippen molar-refractivity contribution in [1.82, 2.24) is 5.32 Å². The number of methoxy groups -OCH3 is 1. The first-order chi connectivity index (χ1) is 28.2. The van der Waals surface area contributed by atoms with Gasteiger partial charge < -0.3 is 58.5 Å². The van der Waals surface area contributed by atoms with Crippen molar-refractivity contribution in [3.05, 3.63) is 47.0 Å². The second-order valence-electron chi connectivity index (χ2n) is 19.0. The van der Waals surface area contributed by atoms with Gasteiger partial charge in [0, 0.05) is 30.6 Å². The fourth-order valence-corrected chi connectivity index (χ4v) is 9.98. The molecule has 0 aromatic heterocycles. The third kappa shape index (κ3) is 7.47. The maximum absolute atomic E-state index is 15.5. The van der Waals surface area contributed by atoms with Gasteiger partial charge in [-0.2, -0.15) is 0 Å². The number of carbonyl (C=O) groups is 6. The van der Waals surface area contributed by atoms with Gasteiger partial charge in [-0.1, -0.05) is 45.9 Å². The molecule has 18 heteroatoms. The Morgan fingerprint density at radius 3 is 2.15 bits per heavy atom. The molecular weight excluding hydrogens is 802 g/mol. The summed E-state index contributed by atoms with van der Waals surface area (Å²) < 4.78 is 46.2. The standard InChI is InChI=1S/C43H57NO17/c1-20-23(57-34(49)28-30(39(6,7)35(50)58-28)44-36(51)60-38(3,4)5)18-43(53)32(59-33(48)22-15-13-12-14-16-22)29-41(10,31(47)27(56-21(2)45)26(20)40(43,8)9)24(46)17-25-42(29,19-55-25)61-37(52)54-11/h12-16,23-25,27-30,32,35,46,50,53H,17-19H2,1-11H3,(H,44,51)/t23-,24?,25-,27-,28?,29?,30-,32+,35?,41-,42+,43-/m1/s1. The number of benzene rings is 1. The zero-order chi connectivity index (χ0) is 45.4. The average molecular weight is 860 g/mol. The van der Waals surface area contributed by atoms with Gasteiger partial charge in [0.2, 0.25) is 0 Å². The van der Waals surface area contributed by atoms with Crippen molar-refractivity contribution in [2.24, 2.45) is 22.2 Å². The SMILES string of the molecule is COC(=O)O[C@@]12CO[C@@H]1CC(O)[C@@]1(C)C(=O)[C@H](OC(C)=O)C3=C(C)[C@H](OC(=O)C4OC(O)C(C)(C)[C@@H]4NC(=O)OC(C)(C)C)C[C@@](O)([C@@H](OC(=O)c4ccccc4)C12)C3(C)C. The van der Waals surface area contributed by atoms with E-state index < -0.39 is 130 Å². The number of ether oxygens (including phenoxy) is 8. The zero-order valence-corrected chi connectivity index (χ0v) is 36.3. The van der Waals surface area contributed by atoms with Crippen LogP contribution in [0.2, 0.25) is 0 Å². The fourth-order valence-electron chi connectivity index (χ4n) is 9.98. The number of hydrogen-bond acceptors (Lipinski definition) is 17. The lowest BCUT2D eigenvalue weighted by Crippen LogP contribution is -2.82. The number of rotatable bonds is 7. The molecule has 2 saturated heterocycles. The van der Waals surface area contributed by atoms with E-state index in [-0.39, 0.29) is 29.7 Å². The summed E-state index contributed by atoms with van der Waals surface area (Å²) in [4.78, 5) is 83.2. The van der Waals surface area contributed by atoms with E-state index in [1.54, 1.807) is 66.7 Å². The smallest absolute Gasteiger partial charge is 0.456 e. The van der Waals surface area contributed by atoms with Crippen LogP contribution in [0.25, 0.3) is 0 Å². The van der Waals surface area contributed by atoms with Crippen LogP contribution in [0.15, 0.2) is 41.5 Å². The molecule has 336 valence electrons. The van der Waals surface area contributed by atoms with Gasteiger partial charge >= 0.3 is 30.2 Å². The highest BCUT2D eigenvalue weighted by atomic mass is 16.8. The second-order valence-corrected chi connectivity index (χ2v) is 19.0. The topological polar surface area (TPSA) is 249 Å². The molecule has 0 radical (unpaired) electrons. The summed E-state index contributed by atoms with van der Waals surface area (Å²) in [6, 6.07) is 6.56. The Labute approximate surface area is 353 Å². The molecule has 12 atom stereocenters. The highest BCUT2D eigenvalue weighted by Gasteiger charge is 2.78. The van der Waals surface area contributed by atoms with E-state index in [2.05, 4.69) is 5.32 Å². The average Bonchev–Trinajstić information content (AvgIpc) is 3.38. The van der Waals surface area contributed by atoms with Crippen molar-refractivity contribution in [2.45, 2.75) is 148 Å². The van der Waals surface area contributed by atoms with Crippen molar-refractivity contribution >= 4 is 35.9 Å². The first-order valence-electron chi connectivity index (χ1n) is 20.2. The minimum Gasteiger partial charge on any atom is -0.456 e. The van der Waals surface area contributed by atoms with Gasteiger partial charge in [0.15, 0.2) is 29.9 Å². The Kier molecular flexibility index (Phi) is 11.8. The highest BCUT2D eigenvalue weighted by Crippen LogP contribution is 2.64. The van der Waals surface area contributed by atoms with Crippen LogP contribution in [0, 0.1) is 22.2 Å². The minimum absolute atomic E-state index is 0.0158. The van der Waals surface area contributed by atoms with Gasteiger partial charge in [0.1, 0.15) is 29.5 Å². The first kappa shape index (κ1) is 45.9. The van der Waals surface area contributed by atoms with Gasteiger partial charge in [-0.25, -0.2) is 19.2 Å². The summed E-state index contributed by atoms with van der Waals surface area (Å²) in [5.41, 5.74) is -10.1. The van der Waals surface area contributed by atoms with Crippen molar-refractivity contribution in [3.8, 4) is 0 Å². The van der Waals surface area contributed by atoms with Gasteiger partial charge in [0.05, 0.1) is 42.8 Å². The number of alkyl carbamates (subject to hydrolysis) is 1. The molecule has 1 aromatic carbocycles. The number of aliphatic hydroxyl groups is 3. The number of nitrogens with one attached hydrogen (secondary N) is 1. The van der Waals surface area contributed by atoms with Crippen LogP contribution in [0.1, 0.15) is 92.4 Å². The molecular formula is C43H57NO17. The molecule has 5 aliphatic rings. The number of aliphatic hydroxyl groups excluding tert-OH is 2. The molecule has 4 N–H and O–H groups in total. The van der Waals surface area contributed by atoms with E-state index in [4.69, 9.17) is 37.9 Å². The van der Waals surface area contributed by atoms with E-state index in [9.17, 15) is 39.3 Å². The summed E-state index contributed by atoms with van der Waals surface area (Å²) in [5, 5.41) is 39.3.